The zero-order valence-corrected chi connectivity index (χ0v) is 11.2. The van der Waals surface area contributed by atoms with E-state index in [1.165, 1.54) is 17.2 Å². The molecule has 0 saturated carbocycles. The Morgan fingerprint density at radius 3 is 2.53 bits per heavy atom. The molecule has 0 aromatic heterocycles. The van der Waals surface area contributed by atoms with Crippen molar-refractivity contribution in [2.45, 2.75) is 19.1 Å². The van der Waals surface area contributed by atoms with Crippen LogP contribution in [0.3, 0.4) is 0 Å². The third-order valence-electron chi connectivity index (χ3n) is 3.03. The van der Waals surface area contributed by atoms with Crippen LogP contribution in [0.25, 0.3) is 6.08 Å². The lowest BCUT2D eigenvalue weighted by molar-refractivity contribution is 0.617. The number of hydrogen-bond donors (Lipinski definition) is 0. The smallest absolute Gasteiger partial charge is 0.126 e. The Bertz CT molecular complexity index is 342. The number of benzene rings is 1. The summed E-state index contributed by atoms with van der Waals surface area (Å²) in [5, 5.41) is 0. The third kappa shape index (κ3) is 3.32. The number of rotatable bonds is 4. The fourth-order valence-corrected chi connectivity index (χ4v) is 3.02. The lowest BCUT2D eigenvalue weighted by Crippen LogP contribution is -2.45. The van der Waals surface area contributed by atoms with Crippen molar-refractivity contribution in [1.29, 1.82) is 0 Å². The molecule has 0 N–H and O–H groups in total. The highest BCUT2D eigenvalue weighted by Crippen LogP contribution is 2.15. The van der Waals surface area contributed by atoms with Gasteiger partial charge in [-0.15, -0.1) is 0 Å². The lowest BCUT2D eigenvalue weighted by Gasteiger charge is -2.30. The van der Waals surface area contributed by atoms with E-state index in [4.69, 9.17) is 0 Å². The lowest BCUT2D eigenvalue weighted by atomic mass is 10.1. The molecule has 2 heteroatoms. The van der Waals surface area contributed by atoms with E-state index in [1.54, 1.807) is 0 Å². The second-order valence-electron chi connectivity index (χ2n) is 4.83. The van der Waals surface area contributed by atoms with Crippen molar-refractivity contribution in [2.24, 2.45) is 0 Å². The van der Waals surface area contributed by atoms with Gasteiger partial charge in [-0.2, -0.15) is 0 Å². The van der Waals surface area contributed by atoms with Gasteiger partial charge in [-0.1, -0.05) is 50.0 Å². The Kier molecular flexibility index (Phi) is 3.88. The van der Waals surface area contributed by atoms with Crippen molar-refractivity contribution in [1.82, 2.24) is 4.57 Å². The summed E-state index contributed by atoms with van der Waals surface area (Å²) in [6, 6.07) is 9.87. The zero-order chi connectivity index (χ0) is 11.5. The molecule has 0 aliphatic carbocycles. The summed E-state index contributed by atoms with van der Waals surface area (Å²) in [5.41, 5.74) is 2.65. The molecular weight excluding hydrogens is 198 g/mol. The van der Waals surface area contributed by atoms with Crippen LogP contribution >= 0.6 is 0 Å². The second-order valence-corrected chi connectivity index (χ2v) is 9.71. The Hall–Kier alpha value is -0.863. The van der Waals surface area contributed by atoms with Crippen LogP contribution in [-0.2, 0) is 6.04 Å². The maximum atomic E-state index is 3.80. The molecule has 0 heterocycles. The van der Waals surface area contributed by atoms with Crippen LogP contribution in [-0.4, -0.2) is 26.9 Å². The van der Waals surface area contributed by atoms with Gasteiger partial charge in [0.1, 0.15) is 8.24 Å². The van der Waals surface area contributed by atoms with E-state index < -0.39 is 8.24 Å². The Labute approximate surface area is 94.5 Å². The SMILES string of the molecule is C=Cc1cccc(C[Si](C)(C)N(C)C)c1. The van der Waals surface area contributed by atoms with Crippen molar-refractivity contribution in [3.63, 3.8) is 0 Å². The molecule has 0 unspecified atom stereocenters. The molecule has 0 atom stereocenters. The van der Waals surface area contributed by atoms with E-state index >= 15 is 0 Å². The molecule has 15 heavy (non-hydrogen) atoms. The highest BCUT2D eigenvalue weighted by atomic mass is 28.3. The van der Waals surface area contributed by atoms with Gasteiger partial charge >= 0.3 is 0 Å². The summed E-state index contributed by atoms with van der Waals surface area (Å²) in [5.74, 6) is 0. The van der Waals surface area contributed by atoms with E-state index in [0.717, 1.165) is 0 Å². The van der Waals surface area contributed by atoms with Gasteiger partial charge in [0.2, 0.25) is 0 Å². The Morgan fingerprint density at radius 1 is 1.33 bits per heavy atom. The summed E-state index contributed by atoms with van der Waals surface area (Å²) in [6.45, 7) is 8.60. The summed E-state index contributed by atoms with van der Waals surface area (Å²) in [7, 11) is 3.11. The second kappa shape index (κ2) is 4.77. The third-order valence-corrected chi connectivity index (χ3v) is 6.73. The van der Waals surface area contributed by atoms with Crippen LogP contribution < -0.4 is 0 Å². The maximum absolute atomic E-state index is 3.80. The normalized spacial score (nSPS) is 11.8. The predicted molar refractivity (Wildman–Crippen MR) is 71.4 cm³/mol. The van der Waals surface area contributed by atoms with Gasteiger partial charge in [-0.25, -0.2) is 0 Å². The van der Waals surface area contributed by atoms with Crippen molar-refractivity contribution in [3.8, 4) is 0 Å². The minimum Gasteiger partial charge on any atom is -0.329 e. The van der Waals surface area contributed by atoms with Gasteiger partial charge < -0.3 is 4.57 Å². The van der Waals surface area contributed by atoms with Crippen LogP contribution in [0.4, 0.5) is 0 Å². The average molecular weight is 219 g/mol. The van der Waals surface area contributed by atoms with E-state index in [-0.39, 0.29) is 0 Å². The van der Waals surface area contributed by atoms with Gasteiger partial charge in [0.05, 0.1) is 0 Å². The first kappa shape index (κ1) is 12.2. The molecule has 1 aromatic carbocycles. The maximum Gasteiger partial charge on any atom is 0.126 e. The molecule has 0 amide bonds. The molecule has 0 saturated heterocycles. The van der Waals surface area contributed by atoms with Crippen LogP contribution in [0, 0.1) is 0 Å². The number of hydrogen-bond acceptors (Lipinski definition) is 1. The molecule has 82 valence electrons. The summed E-state index contributed by atoms with van der Waals surface area (Å²) in [4.78, 5) is 0. The molecule has 0 bridgehead atoms. The molecular formula is C13H21NSi. The van der Waals surface area contributed by atoms with Gasteiger partial charge in [0.25, 0.3) is 0 Å². The molecule has 1 rings (SSSR count). The van der Waals surface area contributed by atoms with Crippen molar-refractivity contribution >= 4 is 14.3 Å². The fourth-order valence-electron chi connectivity index (χ4n) is 1.49. The monoisotopic (exact) mass is 219 g/mol. The van der Waals surface area contributed by atoms with E-state index in [1.807, 2.05) is 6.08 Å². The van der Waals surface area contributed by atoms with Crippen molar-refractivity contribution < 1.29 is 0 Å². The van der Waals surface area contributed by atoms with Crippen molar-refractivity contribution in [3.05, 3.63) is 42.0 Å². The Balaban J connectivity index is 2.84. The Morgan fingerprint density at radius 2 is 2.00 bits per heavy atom. The highest BCUT2D eigenvalue weighted by Gasteiger charge is 2.23. The molecule has 0 aliphatic rings. The quantitative estimate of drug-likeness (QED) is 0.703. The van der Waals surface area contributed by atoms with Crippen LogP contribution in [0.5, 0.6) is 0 Å². The van der Waals surface area contributed by atoms with Gasteiger partial charge in [-0.05, 0) is 31.3 Å². The minimum atomic E-state index is -1.26. The van der Waals surface area contributed by atoms with E-state index in [9.17, 15) is 0 Å². The molecule has 0 fully saturated rings. The van der Waals surface area contributed by atoms with Crippen LogP contribution in [0.15, 0.2) is 30.8 Å². The molecule has 0 aliphatic heterocycles. The van der Waals surface area contributed by atoms with Gasteiger partial charge in [-0.3, -0.25) is 0 Å². The minimum absolute atomic E-state index is 1.20. The van der Waals surface area contributed by atoms with Gasteiger partial charge in [0, 0.05) is 0 Å². The van der Waals surface area contributed by atoms with Crippen molar-refractivity contribution in [2.75, 3.05) is 14.1 Å². The van der Waals surface area contributed by atoms with Crippen LogP contribution in [0.1, 0.15) is 11.1 Å². The van der Waals surface area contributed by atoms with Gasteiger partial charge in [0.15, 0.2) is 0 Å². The first-order valence-electron chi connectivity index (χ1n) is 5.34. The topological polar surface area (TPSA) is 3.24 Å². The van der Waals surface area contributed by atoms with E-state index in [0.29, 0.717) is 0 Å². The number of nitrogens with zero attached hydrogens (tertiary/aromatic N) is 1. The first-order chi connectivity index (χ1) is 6.95. The average Bonchev–Trinajstić information content (AvgIpc) is 2.17. The highest BCUT2D eigenvalue weighted by molar-refractivity contribution is 6.74. The largest absolute Gasteiger partial charge is 0.329 e. The van der Waals surface area contributed by atoms with Crippen LogP contribution in [0.2, 0.25) is 13.1 Å². The fraction of sp³-hybridized carbons (Fsp3) is 0.385. The standard InChI is InChI=1S/C13H21NSi/c1-6-12-8-7-9-13(10-12)11-15(4,5)14(2)3/h6-10H,1,11H2,2-5H3. The summed E-state index contributed by atoms with van der Waals surface area (Å²) >= 11 is 0. The molecule has 0 radical (unpaired) electrons. The first-order valence-corrected chi connectivity index (χ1v) is 8.50. The summed E-state index contributed by atoms with van der Waals surface area (Å²) < 4.78 is 2.40. The molecule has 1 nitrogen and oxygen atoms in total. The predicted octanol–water partition coefficient (Wildman–Crippen LogP) is 3.18. The van der Waals surface area contributed by atoms with E-state index in [2.05, 4.69) is 62.6 Å². The molecule has 1 aromatic rings. The summed E-state index contributed by atoms with van der Waals surface area (Å²) in [6.07, 6.45) is 1.91. The zero-order valence-electron chi connectivity index (χ0n) is 10.2. The molecule has 0 spiro atoms.